The van der Waals surface area contributed by atoms with Crippen LogP contribution in [0.5, 0.6) is 0 Å². The summed E-state index contributed by atoms with van der Waals surface area (Å²) in [4.78, 5) is 22.5. The minimum atomic E-state index is -0.240. The van der Waals surface area contributed by atoms with Gasteiger partial charge in [0, 0.05) is 31.4 Å². The van der Waals surface area contributed by atoms with E-state index in [1.807, 2.05) is 36.4 Å². The average Bonchev–Trinajstić information content (AvgIpc) is 2.61. The SMILES string of the molecule is O=C(OCc1ccccc1)N1CCC(c2ncccn2)CC1. The predicted molar refractivity (Wildman–Crippen MR) is 82.2 cm³/mol. The van der Waals surface area contributed by atoms with Gasteiger partial charge < -0.3 is 9.64 Å². The maximum absolute atomic E-state index is 12.1. The Labute approximate surface area is 130 Å². The van der Waals surface area contributed by atoms with Gasteiger partial charge in [0.1, 0.15) is 12.4 Å². The van der Waals surface area contributed by atoms with Gasteiger partial charge in [-0.25, -0.2) is 14.8 Å². The summed E-state index contributed by atoms with van der Waals surface area (Å²) in [5.41, 5.74) is 1.00. The molecule has 114 valence electrons. The number of hydrogen-bond acceptors (Lipinski definition) is 4. The molecule has 1 aliphatic heterocycles. The van der Waals surface area contributed by atoms with E-state index in [-0.39, 0.29) is 6.09 Å². The van der Waals surface area contributed by atoms with E-state index in [2.05, 4.69) is 9.97 Å². The highest BCUT2D eigenvalue weighted by Gasteiger charge is 2.26. The molecule has 1 fully saturated rings. The second-order valence-corrected chi connectivity index (χ2v) is 5.41. The molecule has 0 atom stereocenters. The van der Waals surface area contributed by atoms with E-state index in [9.17, 15) is 4.79 Å². The number of carbonyl (C=O) groups is 1. The number of aromatic nitrogens is 2. The lowest BCUT2D eigenvalue weighted by atomic mass is 9.96. The number of likely N-dealkylation sites (tertiary alicyclic amines) is 1. The van der Waals surface area contributed by atoms with E-state index in [0.29, 0.717) is 25.6 Å². The maximum Gasteiger partial charge on any atom is 0.410 e. The Morgan fingerprint density at radius 1 is 1.09 bits per heavy atom. The van der Waals surface area contributed by atoms with Gasteiger partial charge in [-0.15, -0.1) is 0 Å². The Morgan fingerprint density at radius 2 is 1.77 bits per heavy atom. The standard InChI is InChI=1S/C17H19N3O2/c21-17(22-13-14-5-2-1-3-6-14)20-11-7-15(8-12-20)16-18-9-4-10-19-16/h1-6,9-10,15H,7-8,11-13H2. The number of carbonyl (C=O) groups excluding carboxylic acids is 1. The first-order chi connectivity index (χ1) is 10.8. The van der Waals surface area contributed by atoms with Crippen LogP contribution in [0.4, 0.5) is 4.79 Å². The van der Waals surface area contributed by atoms with Gasteiger partial charge in [0.2, 0.25) is 0 Å². The largest absolute Gasteiger partial charge is 0.445 e. The normalized spacial score (nSPS) is 15.5. The highest BCUT2D eigenvalue weighted by Crippen LogP contribution is 2.25. The lowest BCUT2D eigenvalue weighted by Crippen LogP contribution is -2.38. The molecule has 22 heavy (non-hydrogen) atoms. The summed E-state index contributed by atoms with van der Waals surface area (Å²) in [6, 6.07) is 11.5. The summed E-state index contributed by atoms with van der Waals surface area (Å²) >= 11 is 0. The van der Waals surface area contributed by atoms with Gasteiger partial charge in [-0.1, -0.05) is 30.3 Å². The molecule has 0 saturated carbocycles. The summed E-state index contributed by atoms with van der Waals surface area (Å²) in [7, 11) is 0. The van der Waals surface area contributed by atoms with Crippen LogP contribution in [0.15, 0.2) is 48.8 Å². The molecule has 0 radical (unpaired) electrons. The van der Waals surface area contributed by atoms with E-state index in [1.54, 1.807) is 17.3 Å². The van der Waals surface area contributed by atoms with Crippen molar-refractivity contribution in [2.24, 2.45) is 0 Å². The Hall–Kier alpha value is -2.43. The van der Waals surface area contributed by atoms with Gasteiger partial charge in [0.15, 0.2) is 0 Å². The van der Waals surface area contributed by atoms with Crippen molar-refractivity contribution in [1.82, 2.24) is 14.9 Å². The number of nitrogens with zero attached hydrogens (tertiary/aromatic N) is 3. The van der Waals surface area contributed by atoms with Crippen molar-refractivity contribution in [1.29, 1.82) is 0 Å². The molecule has 1 aliphatic rings. The molecule has 3 rings (SSSR count). The second-order valence-electron chi connectivity index (χ2n) is 5.41. The zero-order valence-corrected chi connectivity index (χ0v) is 12.4. The average molecular weight is 297 g/mol. The summed E-state index contributed by atoms with van der Waals surface area (Å²) < 4.78 is 5.36. The first kappa shape index (κ1) is 14.5. The van der Waals surface area contributed by atoms with Gasteiger partial charge in [0.05, 0.1) is 0 Å². The Balaban J connectivity index is 1.48. The third kappa shape index (κ3) is 3.61. The van der Waals surface area contributed by atoms with Crippen molar-refractivity contribution in [3.05, 3.63) is 60.2 Å². The molecule has 1 amide bonds. The van der Waals surface area contributed by atoms with Crippen LogP contribution in [0.2, 0.25) is 0 Å². The maximum atomic E-state index is 12.1. The minimum absolute atomic E-state index is 0.240. The lowest BCUT2D eigenvalue weighted by Gasteiger charge is -2.30. The van der Waals surface area contributed by atoms with E-state index in [4.69, 9.17) is 4.74 Å². The minimum Gasteiger partial charge on any atom is -0.445 e. The molecule has 5 nitrogen and oxygen atoms in total. The fourth-order valence-electron chi connectivity index (χ4n) is 2.65. The van der Waals surface area contributed by atoms with Crippen LogP contribution in [0, 0.1) is 0 Å². The van der Waals surface area contributed by atoms with Crippen LogP contribution in [0.3, 0.4) is 0 Å². The molecule has 1 saturated heterocycles. The first-order valence-electron chi connectivity index (χ1n) is 7.55. The zero-order valence-electron chi connectivity index (χ0n) is 12.4. The highest BCUT2D eigenvalue weighted by molar-refractivity contribution is 5.67. The van der Waals surface area contributed by atoms with Crippen LogP contribution in [-0.4, -0.2) is 34.1 Å². The van der Waals surface area contributed by atoms with E-state index >= 15 is 0 Å². The van der Waals surface area contributed by atoms with Crippen LogP contribution in [-0.2, 0) is 11.3 Å². The molecule has 0 spiro atoms. The monoisotopic (exact) mass is 297 g/mol. The smallest absolute Gasteiger partial charge is 0.410 e. The first-order valence-corrected chi connectivity index (χ1v) is 7.55. The highest BCUT2D eigenvalue weighted by atomic mass is 16.6. The van der Waals surface area contributed by atoms with Crippen molar-refractivity contribution < 1.29 is 9.53 Å². The zero-order chi connectivity index (χ0) is 15.2. The van der Waals surface area contributed by atoms with Gasteiger partial charge in [0.25, 0.3) is 0 Å². The third-order valence-electron chi connectivity index (χ3n) is 3.91. The summed E-state index contributed by atoms with van der Waals surface area (Å²) in [6.07, 6.45) is 5.05. The molecule has 0 aliphatic carbocycles. The number of ether oxygens (including phenoxy) is 1. The van der Waals surface area contributed by atoms with Crippen molar-refractivity contribution in [3.8, 4) is 0 Å². The number of rotatable bonds is 3. The van der Waals surface area contributed by atoms with Gasteiger partial charge in [-0.05, 0) is 24.5 Å². The Kier molecular flexibility index (Phi) is 4.63. The summed E-state index contributed by atoms with van der Waals surface area (Å²) in [5.74, 6) is 1.21. The second kappa shape index (κ2) is 7.02. The van der Waals surface area contributed by atoms with Crippen molar-refractivity contribution in [2.75, 3.05) is 13.1 Å². The fraction of sp³-hybridized carbons (Fsp3) is 0.353. The molecule has 0 bridgehead atoms. The number of benzene rings is 1. The molecule has 1 aromatic heterocycles. The van der Waals surface area contributed by atoms with Crippen molar-refractivity contribution in [2.45, 2.75) is 25.4 Å². The van der Waals surface area contributed by atoms with Gasteiger partial charge in [-0.2, -0.15) is 0 Å². The van der Waals surface area contributed by atoms with Crippen LogP contribution in [0.1, 0.15) is 30.1 Å². The molecular formula is C17H19N3O2. The Morgan fingerprint density at radius 3 is 2.45 bits per heavy atom. The lowest BCUT2D eigenvalue weighted by molar-refractivity contribution is 0.0866. The third-order valence-corrected chi connectivity index (χ3v) is 3.91. The summed E-state index contributed by atoms with van der Waals surface area (Å²) in [6.45, 7) is 1.70. The molecule has 0 N–H and O–H groups in total. The molecular weight excluding hydrogens is 278 g/mol. The van der Waals surface area contributed by atoms with E-state index < -0.39 is 0 Å². The number of piperidine rings is 1. The fourth-order valence-corrected chi connectivity index (χ4v) is 2.65. The summed E-state index contributed by atoms with van der Waals surface area (Å²) in [5, 5.41) is 0. The van der Waals surface area contributed by atoms with Crippen molar-refractivity contribution in [3.63, 3.8) is 0 Å². The topological polar surface area (TPSA) is 55.3 Å². The molecule has 2 heterocycles. The van der Waals surface area contributed by atoms with Crippen LogP contribution in [0.25, 0.3) is 0 Å². The van der Waals surface area contributed by atoms with Crippen molar-refractivity contribution >= 4 is 6.09 Å². The van der Waals surface area contributed by atoms with E-state index in [1.165, 1.54) is 0 Å². The quantitative estimate of drug-likeness (QED) is 0.874. The predicted octanol–water partition coefficient (Wildman–Crippen LogP) is 2.99. The Bertz CT molecular complexity index is 596. The molecule has 0 unspecified atom stereocenters. The molecule has 1 aromatic carbocycles. The number of amides is 1. The van der Waals surface area contributed by atoms with E-state index in [0.717, 1.165) is 24.2 Å². The number of hydrogen-bond donors (Lipinski definition) is 0. The van der Waals surface area contributed by atoms with Crippen LogP contribution >= 0.6 is 0 Å². The molecule has 5 heteroatoms. The van der Waals surface area contributed by atoms with Gasteiger partial charge in [-0.3, -0.25) is 0 Å². The van der Waals surface area contributed by atoms with Crippen LogP contribution < -0.4 is 0 Å². The van der Waals surface area contributed by atoms with Gasteiger partial charge >= 0.3 is 6.09 Å². The molecule has 2 aromatic rings.